The van der Waals surface area contributed by atoms with E-state index >= 15 is 0 Å². The third-order valence-corrected chi connectivity index (χ3v) is 5.10. The molecule has 140 valence electrons. The number of guanidine groups is 1. The average molecular weight is 355 g/mol. The molecule has 1 aromatic carbocycles. The third kappa shape index (κ3) is 4.07. The average Bonchev–Trinajstić information content (AvgIpc) is 2.92. The maximum absolute atomic E-state index is 6.17. The quantitative estimate of drug-likeness (QED) is 0.617. The van der Waals surface area contributed by atoms with Gasteiger partial charge in [-0.25, -0.2) is 4.99 Å². The van der Waals surface area contributed by atoms with Crippen LogP contribution in [0.4, 0.5) is 5.69 Å². The number of methoxy groups -OCH3 is 1. The van der Waals surface area contributed by atoms with Crippen LogP contribution >= 0.6 is 0 Å². The fourth-order valence-corrected chi connectivity index (χ4v) is 3.60. The Bertz CT molecular complexity index is 794. The molecule has 0 amide bonds. The summed E-state index contributed by atoms with van der Waals surface area (Å²) in [4.78, 5) is 4.55. The Morgan fingerprint density at radius 1 is 1.31 bits per heavy atom. The number of nitrogens with two attached hydrogens (primary N) is 1. The van der Waals surface area contributed by atoms with Crippen molar-refractivity contribution in [2.75, 3.05) is 19.0 Å². The summed E-state index contributed by atoms with van der Waals surface area (Å²) in [7, 11) is 1.70. The van der Waals surface area contributed by atoms with E-state index in [0.29, 0.717) is 19.1 Å². The van der Waals surface area contributed by atoms with Gasteiger partial charge in [0.05, 0.1) is 25.4 Å². The molecule has 6 heteroatoms. The molecule has 3 rings (SSSR count). The minimum absolute atomic E-state index is 0.451. The zero-order valence-electron chi connectivity index (χ0n) is 16.0. The van der Waals surface area contributed by atoms with Crippen LogP contribution in [0.5, 0.6) is 0 Å². The van der Waals surface area contributed by atoms with Gasteiger partial charge in [0.15, 0.2) is 5.96 Å². The number of aliphatic imine (C=N–C) groups is 1. The first-order valence-corrected chi connectivity index (χ1v) is 9.29. The first kappa shape index (κ1) is 18.5. The number of hydrogen-bond acceptors (Lipinski definition) is 3. The number of anilines is 1. The van der Waals surface area contributed by atoms with Gasteiger partial charge in [-0.05, 0) is 56.7 Å². The second-order valence-corrected chi connectivity index (χ2v) is 6.84. The first-order chi connectivity index (χ1) is 12.6. The minimum Gasteiger partial charge on any atom is -0.383 e. The molecule has 0 spiro atoms. The number of aryl methyl sites for hydroxylation is 2. The number of fused-ring (bicyclic) bond motifs is 1. The zero-order valence-corrected chi connectivity index (χ0v) is 16.0. The smallest absolute Gasteiger partial charge is 0.193 e. The van der Waals surface area contributed by atoms with E-state index in [1.54, 1.807) is 7.11 Å². The molecule has 1 aromatic heterocycles. The largest absolute Gasteiger partial charge is 0.383 e. The standard InChI is InChI=1S/C20H29N5O/c1-14-18(15(2)25(24-14)11-12-26-3)13-22-20(21)23-19-10-6-8-16-7-4-5-9-17(16)19/h6,8,10H,4-5,7,9,11-13H2,1-3H3,(H3,21,22,23). The van der Waals surface area contributed by atoms with E-state index < -0.39 is 0 Å². The predicted molar refractivity (Wildman–Crippen MR) is 106 cm³/mol. The van der Waals surface area contributed by atoms with E-state index in [1.165, 1.54) is 24.0 Å². The van der Waals surface area contributed by atoms with E-state index in [0.717, 1.165) is 42.0 Å². The van der Waals surface area contributed by atoms with Crippen molar-refractivity contribution >= 4 is 11.6 Å². The number of aromatic nitrogens is 2. The Hall–Kier alpha value is -2.34. The summed E-state index contributed by atoms with van der Waals surface area (Å²) in [6.07, 6.45) is 4.77. The molecule has 6 nitrogen and oxygen atoms in total. The SMILES string of the molecule is COCCn1nc(C)c(CN=C(N)Nc2cccc3c2CCCC3)c1C. The second-order valence-electron chi connectivity index (χ2n) is 6.84. The highest BCUT2D eigenvalue weighted by molar-refractivity contribution is 5.93. The molecule has 0 fully saturated rings. The molecule has 26 heavy (non-hydrogen) atoms. The van der Waals surface area contributed by atoms with Gasteiger partial charge in [-0.2, -0.15) is 5.10 Å². The summed E-state index contributed by atoms with van der Waals surface area (Å²) in [5.41, 5.74) is 13.3. The van der Waals surface area contributed by atoms with Gasteiger partial charge in [-0.15, -0.1) is 0 Å². The van der Waals surface area contributed by atoms with E-state index in [2.05, 4.69) is 40.5 Å². The maximum atomic E-state index is 6.17. The van der Waals surface area contributed by atoms with Crippen LogP contribution in [-0.2, 0) is 30.7 Å². The summed E-state index contributed by atoms with van der Waals surface area (Å²) in [5, 5.41) is 7.87. The number of benzene rings is 1. The summed E-state index contributed by atoms with van der Waals surface area (Å²) in [6, 6.07) is 6.40. The maximum Gasteiger partial charge on any atom is 0.193 e. The molecule has 1 heterocycles. The second kappa shape index (κ2) is 8.36. The molecular weight excluding hydrogens is 326 g/mol. The van der Waals surface area contributed by atoms with Crippen molar-refractivity contribution in [3.8, 4) is 0 Å². The summed E-state index contributed by atoms with van der Waals surface area (Å²) in [6.45, 7) is 6.00. The van der Waals surface area contributed by atoms with Crippen molar-refractivity contribution < 1.29 is 4.74 Å². The van der Waals surface area contributed by atoms with Gasteiger partial charge in [0.25, 0.3) is 0 Å². The lowest BCUT2D eigenvalue weighted by Gasteiger charge is -2.19. The molecule has 0 radical (unpaired) electrons. The summed E-state index contributed by atoms with van der Waals surface area (Å²) in [5.74, 6) is 0.451. The number of ether oxygens (including phenoxy) is 1. The third-order valence-electron chi connectivity index (χ3n) is 5.10. The van der Waals surface area contributed by atoms with E-state index in [9.17, 15) is 0 Å². The van der Waals surface area contributed by atoms with Gasteiger partial charge in [0.1, 0.15) is 0 Å². The lowest BCUT2D eigenvalue weighted by Crippen LogP contribution is -2.24. The predicted octanol–water partition coefficient (Wildman–Crippen LogP) is 2.95. The van der Waals surface area contributed by atoms with Crippen LogP contribution in [0.2, 0.25) is 0 Å². The van der Waals surface area contributed by atoms with E-state index in [1.807, 2.05) is 11.6 Å². The molecule has 0 bridgehead atoms. The fraction of sp³-hybridized carbons (Fsp3) is 0.500. The van der Waals surface area contributed by atoms with Crippen LogP contribution in [0, 0.1) is 13.8 Å². The lowest BCUT2D eigenvalue weighted by atomic mass is 9.90. The Morgan fingerprint density at radius 3 is 2.92 bits per heavy atom. The summed E-state index contributed by atoms with van der Waals surface area (Å²) < 4.78 is 7.11. The van der Waals surface area contributed by atoms with Crippen LogP contribution < -0.4 is 11.1 Å². The molecule has 1 aliphatic rings. The highest BCUT2D eigenvalue weighted by Crippen LogP contribution is 2.27. The fourth-order valence-electron chi connectivity index (χ4n) is 3.60. The van der Waals surface area contributed by atoms with Crippen LogP contribution in [0.1, 0.15) is 40.9 Å². The first-order valence-electron chi connectivity index (χ1n) is 9.29. The van der Waals surface area contributed by atoms with Crippen molar-refractivity contribution in [1.29, 1.82) is 0 Å². The van der Waals surface area contributed by atoms with Gasteiger partial charge < -0.3 is 15.8 Å². The molecule has 0 unspecified atom stereocenters. The monoisotopic (exact) mass is 355 g/mol. The number of nitrogens with one attached hydrogen (secondary N) is 1. The Balaban J connectivity index is 1.71. The summed E-state index contributed by atoms with van der Waals surface area (Å²) >= 11 is 0. The molecule has 0 atom stereocenters. The number of rotatable bonds is 6. The van der Waals surface area contributed by atoms with Crippen molar-refractivity contribution in [3.63, 3.8) is 0 Å². The van der Waals surface area contributed by atoms with Gasteiger partial charge in [-0.3, -0.25) is 4.68 Å². The van der Waals surface area contributed by atoms with Gasteiger partial charge in [-0.1, -0.05) is 12.1 Å². The van der Waals surface area contributed by atoms with Gasteiger partial charge in [0, 0.05) is 24.1 Å². The van der Waals surface area contributed by atoms with Gasteiger partial charge >= 0.3 is 0 Å². The van der Waals surface area contributed by atoms with E-state index in [-0.39, 0.29) is 0 Å². The Labute approximate surface area is 155 Å². The topological polar surface area (TPSA) is 77.5 Å². The van der Waals surface area contributed by atoms with Crippen LogP contribution in [0.15, 0.2) is 23.2 Å². The van der Waals surface area contributed by atoms with Crippen molar-refractivity contribution in [3.05, 3.63) is 46.3 Å². The molecule has 0 aliphatic heterocycles. The minimum atomic E-state index is 0.451. The normalized spacial score (nSPS) is 14.3. The van der Waals surface area contributed by atoms with Crippen molar-refractivity contribution in [1.82, 2.24) is 9.78 Å². The highest BCUT2D eigenvalue weighted by Gasteiger charge is 2.14. The number of hydrogen-bond donors (Lipinski definition) is 2. The Morgan fingerprint density at radius 2 is 2.12 bits per heavy atom. The number of nitrogens with zero attached hydrogens (tertiary/aromatic N) is 3. The van der Waals surface area contributed by atoms with Crippen molar-refractivity contribution in [2.24, 2.45) is 10.7 Å². The van der Waals surface area contributed by atoms with Crippen LogP contribution in [0.3, 0.4) is 0 Å². The van der Waals surface area contributed by atoms with Crippen LogP contribution in [-0.4, -0.2) is 29.5 Å². The van der Waals surface area contributed by atoms with E-state index in [4.69, 9.17) is 10.5 Å². The molecular formula is C20H29N5O. The molecule has 0 saturated carbocycles. The van der Waals surface area contributed by atoms with Crippen LogP contribution in [0.25, 0.3) is 0 Å². The molecule has 2 aromatic rings. The van der Waals surface area contributed by atoms with Gasteiger partial charge in [0.2, 0.25) is 0 Å². The molecule has 0 saturated heterocycles. The highest BCUT2D eigenvalue weighted by atomic mass is 16.5. The van der Waals surface area contributed by atoms with Crippen molar-refractivity contribution in [2.45, 2.75) is 52.6 Å². The molecule has 3 N–H and O–H groups in total. The Kier molecular flexibility index (Phi) is 5.93. The zero-order chi connectivity index (χ0) is 18.5. The molecule has 1 aliphatic carbocycles. The lowest BCUT2D eigenvalue weighted by molar-refractivity contribution is 0.182.